The van der Waals surface area contributed by atoms with Gasteiger partial charge in [-0.1, -0.05) is 6.92 Å². The van der Waals surface area contributed by atoms with Gasteiger partial charge in [-0.25, -0.2) is 4.39 Å². The van der Waals surface area contributed by atoms with Crippen LogP contribution in [0.4, 0.5) is 4.39 Å². The van der Waals surface area contributed by atoms with Crippen molar-refractivity contribution in [3.63, 3.8) is 0 Å². The van der Waals surface area contributed by atoms with Crippen LogP contribution in [0.15, 0.2) is 0 Å². The molecule has 0 heterocycles. The van der Waals surface area contributed by atoms with Crippen molar-refractivity contribution >= 4 is 10.1 Å². The number of hydrogen-bond acceptors (Lipinski definition) is 3. The molecule has 1 rings (SSSR count). The van der Waals surface area contributed by atoms with Crippen molar-refractivity contribution in [2.24, 2.45) is 5.92 Å². The molecule has 0 aromatic rings. The van der Waals surface area contributed by atoms with Crippen molar-refractivity contribution in [1.29, 1.82) is 0 Å². The second-order valence-electron chi connectivity index (χ2n) is 3.64. The quantitative estimate of drug-likeness (QED) is 0.648. The van der Waals surface area contributed by atoms with Gasteiger partial charge in [0.15, 0.2) is 0 Å². The summed E-state index contributed by atoms with van der Waals surface area (Å²) in [5.41, 5.74) is 0. The second kappa shape index (κ2) is 3.92. The molecule has 1 saturated carbocycles. The molecule has 0 radical (unpaired) electrons. The monoisotopic (exact) mass is 210 g/mol. The number of rotatable bonds is 2. The molecule has 0 aliphatic heterocycles. The summed E-state index contributed by atoms with van der Waals surface area (Å²) in [5, 5.41) is 0. The Labute approximate surface area is 78.4 Å². The standard InChI is InChI=1S/C8H15FO3S/c1-6-7(9)4-3-5-8(6)12-13(2,10)11/h6-8H,3-5H2,1-2H3/t6-,7-,8+/m1/s1. The maximum atomic E-state index is 13.1. The van der Waals surface area contributed by atoms with E-state index in [1.54, 1.807) is 6.92 Å². The number of hydrogen-bond donors (Lipinski definition) is 0. The third-order valence-electron chi connectivity index (χ3n) is 2.42. The van der Waals surface area contributed by atoms with Gasteiger partial charge in [-0.15, -0.1) is 0 Å². The molecule has 0 N–H and O–H groups in total. The molecule has 3 atom stereocenters. The van der Waals surface area contributed by atoms with Gasteiger partial charge in [-0.3, -0.25) is 4.18 Å². The molecule has 0 unspecified atom stereocenters. The highest BCUT2D eigenvalue weighted by Gasteiger charge is 2.32. The molecule has 1 fully saturated rings. The van der Waals surface area contributed by atoms with E-state index in [1.807, 2.05) is 0 Å². The van der Waals surface area contributed by atoms with Crippen LogP contribution in [0.3, 0.4) is 0 Å². The smallest absolute Gasteiger partial charge is 0.264 e. The van der Waals surface area contributed by atoms with E-state index in [1.165, 1.54) is 0 Å². The SMILES string of the molecule is C[C@@H]1[C@H](F)CCC[C@@H]1OS(C)(=O)=O. The first-order valence-corrected chi connectivity index (χ1v) is 6.24. The van der Waals surface area contributed by atoms with Crippen LogP contribution in [0, 0.1) is 5.92 Å². The Morgan fingerprint density at radius 1 is 1.38 bits per heavy atom. The summed E-state index contributed by atoms with van der Waals surface area (Å²) < 4.78 is 39.5. The van der Waals surface area contributed by atoms with E-state index < -0.39 is 22.4 Å². The van der Waals surface area contributed by atoms with Gasteiger partial charge in [0, 0.05) is 5.92 Å². The average molecular weight is 210 g/mol. The van der Waals surface area contributed by atoms with Crippen molar-refractivity contribution < 1.29 is 17.0 Å². The van der Waals surface area contributed by atoms with E-state index in [-0.39, 0.29) is 5.92 Å². The normalized spacial score (nSPS) is 36.1. The summed E-state index contributed by atoms with van der Waals surface area (Å²) in [6, 6.07) is 0. The molecular weight excluding hydrogens is 195 g/mol. The van der Waals surface area contributed by atoms with Crippen LogP contribution in [0.5, 0.6) is 0 Å². The van der Waals surface area contributed by atoms with Gasteiger partial charge in [0.1, 0.15) is 6.17 Å². The lowest BCUT2D eigenvalue weighted by Crippen LogP contribution is -2.34. The van der Waals surface area contributed by atoms with Crippen LogP contribution in [0.1, 0.15) is 26.2 Å². The number of alkyl halides is 1. The molecule has 78 valence electrons. The first kappa shape index (κ1) is 10.9. The Balaban J connectivity index is 2.59. The van der Waals surface area contributed by atoms with Crippen LogP contribution in [0.2, 0.25) is 0 Å². The van der Waals surface area contributed by atoms with Crippen molar-refractivity contribution in [1.82, 2.24) is 0 Å². The highest BCUT2D eigenvalue weighted by Crippen LogP contribution is 2.29. The molecule has 0 spiro atoms. The zero-order valence-corrected chi connectivity index (χ0v) is 8.68. The highest BCUT2D eigenvalue weighted by atomic mass is 32.2. The summed E-state index contributed by atoms with van der Waals surface area (Å²) in [4.78, 5) is 0. The van der Waals surface area contributed by atoms with E-state index in [0.29, 0.717) is 19.3 Å². The zero-order valence-electron chi connectivity index (χ0n) is 7.86. The molecule has 0 aromatic carbocycles. The van der Waals surface area contributed by atoms with Gasteiger partial charge >= 0.3 is 0 Å². The van der Waals surface area contributed by atoms with Gasteiger partial charge in [-0.2, -0.15) is 8.42 Å². The maximum absolute atomic E-state index is 13.1. The Bertz CT molecular complexity index is 263. The van der Waals surface area contributed by atoms with Crippen LogP contribution in [0.25, 0.3) is 0 Å². The predicted molar refractivity (Wildman–Crippen MR) is 47.6 cm³/mol. The summed E-state index contributed by atoms with van der Waals surface area (Å²) in [6.07, 6.45) is 1.45. The lowest BCUT2D eigenvalue weighted by Gasteiger charge is -2.30. The van der Waals surface area contributed by atoms with Gasteiger partial charge in [0.2, 0.25) is 0 Å². The molecule has 1 aliphatic rings. The molecule has 0 saturated heterocycles. The average Bonchev–Trinajstić information content (AvgIpc) is 1.96. The van der Waals surface area contributed by atoms with Gasteiger partial charge in [-0.05, 0) is 19.3 Å². The third-order valence-corrected chi connectivity index (χ3v) is 3.02. The van der Waals surface area contributed by atoms with Gasteiger partial charge in [0.25, 0.3) is 10.1 Å². The maximum Gasteiger partial charge on any atom is 0.264 e. The Morgan fingerprint density at radius 2 is 2.00 bits per heavy atom. The van der Waals surface area contributed by atoms with E-state index in [0.717, 1.165) is 6.26 Å². The van der Waals surface area contributed by atoms with Crippen molar-refractivity contribution in [2.45, 2.75) is 38.5 Å². The second-order valence-corrected chi connectivity index (χ2v) is 5.25. The Morgan fingerprint density at radius 3 is 2.54 bits per heavy atom. The number of halogens is 1. The lowest BCUT2D eigenvalue weighted by atomic mass is 9.86. The summed E-state index contributed by atoms with van der Waals surface area (Å²) in [6.45, 7) is 1.69. The fourth-order valence-corrected chi connectivity index (χ4v) is 2.35. The minimum atomic E-state index is -3.45. The summed E-state index contributed by atoms with van der Waals surface area (Å²) in [5.74, 6) is -0.316. The molecule has 5 heteroatoms. The molecule has 0 bridgehead atoms. The summed E-state index contributed by atoms with van der Waals surface area (Å²) in [7, 11) is -3.45. The first-order valence-electron chi connectivity index (χ1n) is 4.42. The molecule has 0 amide bonds. The topological polar surface area (TPSA) is 43.4 Å². The van der Waals surface area contributed by atoms with E-state index in [9.17, 15) is 12.8 Å². The van der Waals surface area contributed by atoms with E-state index >= 15 is 0 Å². The van der Waals surface area contributed by atoms with Crippen LogP contribution in [-0.4, -0.2) is 26.9 Å². The molecular formula is C8H15FO3S. The zero-order chi connectivity index (χ0) is 10.1. The summed E-state index contributed by atoms with van der Waals surface area (Å²) >= 11 is 0. The fourth-order valence-electron chi connectivity index (χ4n) is 1.63. The van der Waals surface area contributed by atoms with Gasteiger partial charge in [0.05, 0.1) is 12.4 Å². The molecule has 0 aromatic heterocycles. The lowest BCUT2D eigenvalue weighted by molar-refractivity contribution is 0.0487. The van der Waals surface area contributed by atoms with E-state index in [2.05, 4.69) is 0 Å². The minimum absolute atomic E-state index is 0.316. The van der Waals surface area contributed by atoms with Crippen molar-refractivity contribution in [2.75, 3.05) is 6.26 Å². The van der Waals surface area contributed by atoms with Crippen LogP contribution in [-0.2, 0) is 14.3 Å². The van der Waals surface area contributed by atoms with E-state index in [4.69, 9.17) is 4.18 Å². The van der Waals surface area contributed by atoms with Gasteiger partial charge < -0.3 is 0 Å². The largest absolute Gasteiger partial charge is 0.267 e. The predicted octanol–water partition coefficient (Wildman–Crippen LogP) is 1.49. The minimum Gasteiger partial charge on any atom is -0.267 e. The van der Waals surface area contributed by atoms with Crippen molar-refractivity contribution in [3.05, 3.63) is 0 Å². The molecule has 3 nitrogen and oxygen atoms in total. The Kier molecular flexibility index (Phi) is 3.29. The molecule has 1 aliphatic carbocycles. The van der Waals surface area contributed by atoms with Crippen molar-refractivity contribution in [3.8, 4) is 0 Å². The fraction of sp³-hybridized carbons (Fsp3) is 1.00. The third kappa shape index (κ3) is 3.23. The molecule has 13 heavy (non-hydrogen) atoms. The van der Waals surface area contributed by atoms with Crippen LogP contribution >= 0.6 is 0 Å². The Hall–Kier alpha value is -0.160. The van der Waals surface area contributed by atoms with Crippen LogP contribution < -0.4 is 0 Å². The first-order chi connectivity index (χ1) is 5.90. The highest BCUT2D eigenvalue weighted by molar-refractivity contribution is 7.86.